The minimum absolute atomic E-state index is 0. The number of para-hydroxylation sites is 3. The first-order chi connectivity index (χ1) is 26.6. The van der Waals surface area contributed by atoms with E-state index >= 15 is 0 Å². The van der Waals surface area contributed by atoms with Crippen molar-refractivity contribution in [2.45, 2.75) is 40.0 Å². The molecule has 0 bridgehead atoms. The summed E-state index contributed by atoms with van der Waals surface area (Å²) in [4.78, 5) is 13.8. The number of fused-ring (bicyclic) bond motifs is 7. The molecule has 0 atom stereocenters. The van der Waals surface area contributed by atoms with Gasteiger partial charge in [0, 0.05) is 73.0 Å². The van der Waals surface area contributed by atoms with Crippen molar-refractivity contribution in [3.05, 3.63) is 157 Å². The molecule has 280 valence electrons. The van der Waals surface area contributed by atoms with E-state index in [0.717, 1.165) is 56.1 Å². The van der Waals surface area contributed by atoms with Gasteiger partial charge in [-0.3, -0.25) is 0 Å². The first-order valence-corrected chi connectivity index (χ1v) is 18.6. The maximum atomic E-state index is 6.71. The predicted octanol–water partition coefficient (Wildman–Crippen LogP) is 11.7. The fraction of sp³-hybridized carbons (Fsp3) is 0.146. The zero-order valence-corrected chi connectivity index (χ0v) is 34.3. The van der Waals surface area contributed by atoms with Crippen LogP contribution in [0.25, 0.3) is 55.1 Å². The van der Waals surface area contributed by atoms with Gasteiger partial charge >= 0.3 is 0 Å². The van der Waals surface area contributed by atoms with Crippen molar-refractivity contribution in [3.63, 3.8) is 0 Å². The second-order valence-corrected chi connectivity index (χ2v) is 15.5. The van der Waals surface area contributed by atoms with Crippen LogP contribution in [0.2, 0.25) is 0 Å². The van der Waals surface area contributed by atoms with Gasteiger partial charge in [0.15, 0.2) is 0 Å². The molecule has 5 aromatic carbocycles. The Balaban J connectivity index is 0.00000410. The number of rotatable bonds is 5. The topological polar surface area (TPSA) is 51.4 Å². The fourth-order valence-corrected chi connectivity index (χ4v) is 8.14. The van der Waals surface area contributed by atoms with Crippen molar-refractivity contribution in [1.29, 1.82) is 0 Å². The van der Waals surface area contributed by atoms with E-state index in [-0.39, 0.29) is 26.5 Å². The summed E-state index contributed by atoms with van der Waals surface area (Å²) in [5, 5.41) is 4.69. The molecular formula is C48H39N6OPt-3. The Labute approximate surface area is 341 Å². The first-order valence-electron chi connectivity index (χ1n) is 18.6. The number of anilines is 3. The largest absolute Gasteiger partial charge is 0.509 e. The van der Waals surface area contributed by atoms with Gasteiger partial charge in [-0.25, -0.2) is 9.97 Å². The second kappa shape index (κ2) is 13.4. The van der Waals surface area contributed by atoms with E-state index in [1.807, 2.05) is 38.2 Å². The number of hydrogen-bond donors (Lipinski definition) is 0. The summed E-state index contributed by atoms with van der Waals surface area (Å²) in [6.07, 6.45) is 3.73. The SMILES string of the molecule is Cc1cccc2c3cccc(C)c3n(-c3ccnc(-n4c5[c-]c(Oc6[c-]c(N7[CH-]N(C)c8cccnc87)cc(C(C)(C)C)c6)ccc5c5ccccc54)c3)c12.[Pt]. The standard InChI is InChI=1S/C48H39N6O.Pt/c1-30-12-9-15-39-40-16-10-13-31(2)46(40)53(45(30)39)33-21-23-49-44(27-33)54-41-17-8-7-14-37(41)38-20-19-35(28-43(38)54)55-36-25-32(48(3,4)5)24-34(26-36)52-29-51(6)42-18-11-22-50-47(42)52;/h7-25,27,29H,1-6H3;/q-3;. The van der Waals surface area contributed by atoms with E-state index in [2.05, 4.69) is 163 Å². The number of pyridine rings is 2. The molecule has 1 aliphatic heterocycles. The summed E-state index contributed by atoms with van der Waals surface area (Å²) >= 11 is 0. The van der Waals surface area contributed by atoms with Crippen molar-refractivity contribution in [2.24, 2.45) is 0 Å². The van der Waals surface area contributed by atoms with Crippen LogP contribution >= 0.6 is 0 Å². The zero-order valence-electron chi connectivity index (χ0n) is 32.0. The molecule has 0 unspecified atom stereocenters. The van der Waals surface area contributed by atoms with Gasteiger partial charge < -0.3 is 23.7 Å². The van der Waals surface area contributed by atoms with Crippen molar-refractivity contribution in [1.82, 2.24) is 19.1 Å². The van der Waals surface area contributed by atoms with Crippen LogP contribution in [-0.4, -0.2) is 26.1 Å². The molecule has 0 aliphatic carbocycles. The Morgan fingerprint density at radius 1 is 0.661 bits per heavy atom. The molecule has 10 rings (SSSR count). The van der Waals surface area contributed by atoms with Gasteiger partial charge in [0.1, 0.15) is 11.6 Å². The Morgan fingerprint density at radius 3 is 2.14 bits per heavy atom. The number of aromatic nitrogens is 4. The van der Waals surface area contributed by atoms with Crippen LogP contribution in [0.15, 0.2) is 122 Å². The molecule has 7 nitrogen and oxygen atoms in total. The molecule has 4 aromatic heterocycles. The second-order valence-electron chi connectivity index (χ2n) is 15.5. The van der Waals surface area contributed by atoms with Crippen molar-refractivity contribution in [3.8, 4) is 23.0 Å². The third-order valence-electron chi connectivity index (χ3n) is 10.8. The summed E-state index contributed by atoms with van der Waals surface area (Å²) in [7, 11) is 2.03. The molecule has 0 N–H and O–H groups in total. The quantitative estimate of drug-likeness (QED) is 0.161. The van der Waals surface area contributed by atoms with Gasteiger partial charge in [0.25, 0.3) is 0 Å². The summed E-state index contributed by atoms with van der Waals surface area (Å²) in [5.74, 6) is 2.86. The fourth-order valence-electron chi connectivity index (χ4n) is 8.14. The van der Waals surface area contributed by atoms with E-state index in [0.29, 0.717) is 11.5 Å². The zero-order chi connectivity index (χ0) is 37.6. The average Bonchev–Trinajstić information content (AvgIpc) is 3.83. The van der Waals surface area contributed by atoms with Crippen LogP contribution in [0.3, 0.4) is 0 Å². The summed E-state index contributed by atoms with van der Waals surface area (Å²) in [6.45, 7) is 13.0. The molecule has 0 saturated heterocycles. The molecule has 1 aliphatic rings. The molecule has 0 amide bonds. The Bertz CT molecular complexity index is 2930. The number of hydrogen-bond acceptors (Lipinski definition) is 5. The van der Waals surface area contributed by atoms with Crippen molar-refractivity contribution >= 4 is 60.8 Å². The summed E-state index contributed by atoms with van der Waals surface area (Å²) in [5.41, 5.74) is 10.7. The molecule has 0 radical (unpaired) electrons. The van der Waals surface area contributed by atoms with Crippen LogP contribution in [0.4, 0.5) is 17.2 Å². The first kappa shape index (κ1) is 35.8. The maximum Gasteiger partial charge on any atom is 0.137 e. The Kier molecular flexibility index (Phi) is 8.55. The minimum Gasteiger partial charge on any atom is -0.509 e. The molecule has 8 heteroatoms. The van der Waals surface area contributed by atoms with Crippen LogP contribution < -0.4 is 14.5 Å². The number of ether oxygens (including phenoxy) is 1. The van der Waals surface area contributed by atoms with E-state index in [9.17, 15) is 0 Å². The third kappa shape index (κ3) is 5.67. The van der Waals surface area contributed by atoms with Crippen molar-refractivity contribution in [2.75, 3.05) is 16.8 Å². The van der Waals surface area contributed by atoms with Gasteiger partial charge in [-0.15, -0.1) is 41.3 Å². The normalized spacial score (nSPS) is 12.9. The molecule has 0 fully saturated rings. The van der Waals surface area contributed by atoms with Crippen LogP contribution in [0.1, 0.15) is 37.5 Å². The molecule has 56 heavy (non-hydrogen) atoms. The Morgan fingerprint density at radius 2 is 1.39 bits per heavy atom. The smallest absolute Gasteiger partial charge is 0.137 e. The van der Waals surface area contributed by atoms with E-state index in [4.69, 9.17) is 14.7 Å². The average molecular weight is 911 g/mol. The van der Waals surface area contributed by atoms with Crippen LogP contribution in [0.5, 0.6) is 11.5 Å². The molecule has 5 heterocycles. The van der Waals surface area contributed by atoms with Gasteiger partial charge in [0.2, 0.25) is 0 Å². The van der Waals surface area contributed by atoms with Crippen LogP contribution in [0, 0.1) is 32.6 Å². The van der Waals surface area contributed by atoms with Gasteiger partial charge in [-0.05, 0) is 67.1 Å². The predicted molar refractivity (Wildman–Crippen MR) is 224 cm³/mol. The minimum atomic E-state index is -0.134. The third-order valence-corrected chi connectivity index (χ3v) is 10.8. The Hall–Kier alpha value is -5.91. The number of aryl methyl sites for hydroxylation is 2. The summed E-state index contributed by atoms with van der Waals surface area (Å²) < 4.78 is 11.3. The van der Waals surface area contributed by atoms with E-state index in [1.54, 1.807) is 0 Å². The van der Waals surface area contributed by atoms with Gasteiger partial charge in [-0.2, -0.15) is 12.7 Å². The van der Waals surface area contributed by atoms with Crippen molar-refractivity contribution < 1.29 is 25.8 Å². The van der Waals surface area contributed by atoms with Gasteiger partial charge in [0.05, 0.1) is 16.7 Å². The number of nitrogens with zero attached hydrogens (tertiary/aromatic N) is 6. The maximum absolute atomic E-state index is 6.71. The number of benzene rings is 5. The molecular weight excluding hydrogens is 872 g/mol. The van der Waals surface area contributed by atoms with Gasteiger partial charge in [-0.1, -0.05) is 86.6 Å². The van der Waals surface area contributed by atoms with Crippen LogP contribution in [-0.2, 0) is 26.5 Å². The van der Waals surface area contributed by atoms with E-state index < -0.39 is 0 Å². The molecule has 0 spiro atoms. The molecule has 0 saturated carbocycles. The monoisotopic (exact) mass is 910 g/mol. The summed E-state index contributed by atoms with van der Waals surface area (Å²) in [6, 6.07) is 45.5. The van der Waals surface area contributed by atoms with E-state index in [1.165, 1.54) is 32.9 Å². The molecule has 9 aromatic rings.